The van der Waals surface area contributed by atoms with Crippen molar-refractivity contribution >= 4 is 15.9 Å². The molecule has 0 heterocycles. The van der Waals surface area contributed by atoms with E-state index in [9.17, 15) is 26.4 Å². The van der Waals surface area contributed by atoms with Crippen LogP contribution in [0.5, 0.6) is 0 Å². The average Bonchev–Trinajstić information content (AvgIpc) is 1.83. The van der Waals surface area contributed by atoms with Crippen molar-refractivity contribution in [2.75, 3.05) is 0 Å². The van der Waals surface area contributed by atoms with Gasteiger partial charge in [0.1, 0.15) is 6.10 Å². The summed E-state index contributed by atoms with van der Waals surface area (Å²) in [6, 6.07) is 0. The third kappa shape index (κ3) is 3.31. The van der Waals surface area contributed by atoms with Gasteiger partial charge in [-0.1, -0.05) is 0 Å². The third-order valence-corrected chi connectivity index (χ3v) is 2.24. The molecule has 8 heteroatoms. The monoisotopic (exact) mass is 220 g/mol. The second-order valence-electron chi connectivity index (χ2n) is 2.25. The van der Waals surface area contributed by atoms with Gasteiger partial charge in [-0.2, -0.15) is 21.6 Å². The summed E-state index contributed by atoms with van der Waals surface area (Å²) in [5.41, 5.74) is -5.49. The molecular weight excluding hydrogens is 213 g/mol. The van der Waals surface area contributed by atoms with Gasteiger partial charge >= 0.3 is 15.6 Å². The van der Waals surface area contributed by atoms with Crippen molar-refractivity contribution in [3.63, 3.8) is 0 Å². The third-order valence-electron chi connectivity index (χ3n) is 1.13. The molecule has 1 unspecified atom stereocenters. The molecule has 0 aromatic heterocycles. The number of hydrogen-bond donors (Lipinski definition) is 0. The quantitative estimate of drug-likeness (QED) is 0.522. The SMILES string of the molecule is CC(=O)C(C)OS(=O)(=O)C(F)(F)F. The highest BCUT2D eigenvalue weighted by atomic mass is 32.2. The maximum atomic E-state index is 11.6. The molecule has 0 bridgehead atoms. The molecule has 0 aromatic carbocycles. The zero-order chi connectivity index (χ0) is 10.9. The van der Waals surface area contributed by atoms with Crippen molar-refractivity contribution in [3.8, 4) is 0 Å². The van der Waals surface area contributed by atoms with E-state index in [1.165, 1.54) is 0 Å². The van der Waals surface area contributed by atoms with E-state index >= 15 is 0 Å². The minimum atomic E-state index is -5.66. The molecule has 0 N–H and O–H groups in total. The van der Waals surface area contributed by atoms with E-state index in [2.05, 4.69) is 4.18 Å². The van der Waals surface area contributed by atoms with Crippen molar-refractivity contribution < 1.29 is 30.6 Å². The Morgan fingerprint density at radius 3 is 2.00 bits per heavy atom. The van der Waals surface area contributed by atoms with Gasteiger partial charge in [0.2, 0.25) is 0 Å². The van der Waals surface area contributed by atoms with E-state index < -0.39 is 27.5 Å². The molecule has 0 aliphatic heterocycles. The van der Waals surface area contributed by atoms with Crippen LogP contribution in [0, 0.1) is 0 Å². The highest BCUT2D eigenvalue weighted by Gasteiger charge is 2.48. The average molecular weight is 220 g/mol. The Bertz CT molecular complexity index is 291. The zero-order valence-electron chi connectivity index (χ0n) is 6.75. The summed E-state index contributed by atoms with van der Waals surface area (Å²) < 4.78 is 59.0. The molecule has 0 aliphatic carbocycles. The second-order valence-corrected chi connectivity index (χ2v) is 3.81. The Balaban J connectivity index is 4.64. The van der Waals surface area contributed by atoms with Crippen molar-refractivity contribution in [2.24, 2.45) is 0 Å². The van der Waals surface area contributed by atoms with Gasteiger partial charge in [-0.05, 0) is 13.8 Å². The van der Waals surface area contributed by atoms with Crippen molar-refractivity contribution in [1.29, 1.82) is 0 Å². The lowest BCUT2D eigenvalue weighted by molar-refractivity contribution is -0.123. The van der Waals surface area contributed by atoms with Crippen molar-refractivity contribution in [1.82, 2.24) is 0 Å². The largest absolute Gasteiger partial charge is 0.523 e. The highest BCUT2D eigenvalue weighted by molar-refractivity contribution is 7.87. The summed E-state index contributed by atoms with van der Waals surface area (Å²) in [6.45, 7) is 1.85. The maximum absolute atomic E-state index is 11.6. The van der Waals surface area contributed by atoms with Crippen LogP contribution >= 0.6 is 0 Å². The number of Topliss-reactive ketones (excluding diaryl/α,β-unsaturated/α-hetero) is 1. The summed E-state index contributed by atoms with van der Waals surface area (Å²) in [5.74, 6) is -0.798. The minimum absolute atomic E-state index is 0.798. The first kappa shape index (κ1) is 12.4. The van der Waals surface area contributed by atoms with E-state index in [4.69, 9.17) is 0 Å². The maximum Gasteiger partial charge on any atom is 0.523 e. The predicted molar refractivity (Wildman–Crippen MR) is 36.2 cm³/mol. The Morgan fingerprint density at radius 2 is 1.77 bits per heavy atom. The van der Waals surface area contributed by atoms with E-state index in [-0.39, 0.29) is 0 Å². The normalized spacial score (nSPS) is 15.5. The van der Waals surface area contributed by atoms with Gasteiger partial charge in [0.15, 0.2) is 5.78 Å². The van der Waals surface area contributed by atoms with Gasteiger partial charge in [0.05, 0.1) is 0 Å². The first-order valence-electron chi connectivity index (χ1n) is 3.08. The molecule has 0 aromatic rings. The van der Waals surface area contributed by atoms with Crippen molar-refractivity contribution in [3.05, 3.63) is 0 Å². The van der Waals surface area contributed by atoms with Crippen LogP contribution < -0.4 is 0 Å². The lowest BCUT2D eigenvalue weighted by Crippen LogP contribution is -2.31. The number of alkyl halides is 3. The summed E-state index contributed by atoms with van der Waals surface area (Å²) in [7, 11) is -5.66. The molecule has 4 nitrogen and oxygen atoms in total. The second kappa shape index (κ2) is 3.62. The summed E-state index contributed by atoms with van der Waals surface area (Å²) in [4.78, 5) is 10.4. The number of carbonyl (C=O) groups is 1. The van der Waals surface area contributed by atoms with Crippen LogP contribution in [-0.2, 0) is 19.1 Å². The topological polar surface area (TPSA) is 60.4 Å². The molecule has 0 amide bonds. The van der Waals surface area contributed by atoms with Gasteiger partial charge in [-0.15, -0.1) is 0 Å². The number of carbonyl (C=O) groups excluding carboxylic acids is 1. The molecule has 0 aliphatic rings. The van der Waals surface area contributed by atoms with Gasteiger partial charge in [0, 0.05) is 0 Å². The van der Waals surface area contributed by atoms with Crippen LogP contribution in [0.2, 0.25) is 0 Å². The van der Waals surface area contributed by atoms with E-state index in [0.29, 0.717) is 0 Å². The van der Waals surface area contributed by atoms with Crippen LogP contribution in [0.3, 0.4) is 0 Å². The minimum Gasteiger partial charge on any atom is -0.297 e. The van der Waals surface area contributed by atoms with Crippen LogP contribution in [0.25, 0.3) is 0 Å². The smallest absolute Gasteiger partial charge is 0.297 e. The summed E-state index contributed by atoms with van der Waals surface area (Å²) in [5, 5.41) is 0. The summed E-state index contributed by atoms with van der Waals surface area (Å²) >= 11 is 0. The molecule has 0 radical (unpaired) electrons. The van der Waals surface area contributed by atoms with Crippen LogP contribution in [0.4, 0.5) is 13.2 Å². The van der Waals surface area contributed by atoms with Gasteiger partial charge in [0.25, 0.3) is 0 Å². The number of halogens is 3. The Morgan fingerprint density at radius 1 is 1.38 bits per heavy atom. The zero-order valence-corrected chi connectivity index (χ0v) is 7.57. The fraction of sp³-hybridized carbons (Fsp3) is 0.800. The molecule has 0 saturated carbocycles. The van der Waals surface area contributed by atoms with Crippen LogP contribution in [0.15, 0.2) is 0 Å². The fourth-order valence-electron chi connectivity index (χ4n) is 0.312. The number of hydrogen-bond acceptors (Lipinski definition) is 4. The standard InChI is InChI=1S/C5H7F3O4S/c1-3(9)4(2)12-13(10,11)5(6,7)8/h4H,1-2H3. The first-order valence-corrected chi connectivity index (χ1v) is 4.49. The Hall–Kier alpha value is -0.630. The molecule has 0 spiro atoms. The fourth-order valence-corrected chi connectivity index (χ4v) is 0.937. The highest BCUT2D eigenvalue weighted by Crippen LogP contribution is 2.25. The predicted octanol–water partition coefficient (Wildman–Crippen LogP) is 0.830. The van der Waals surface area contributed by atoms with Gasteiger partial charge in [-0.25, -0.2) is 0 Å². The molecule has 78 valence electrons. The lowest BCUT2D eigenvalue weighted by atomic mass is 10.3. The Labute approximate surface area is 72.8 Å². The molecule has 1 atom stereocenters. The molecule has 0 rings (SSSR count). The van der Waals surface area contributed by atoms with E-state index in [0.717, 1.165) is 13.8 Å². The van der Waals surface area contributed by atoms with Crippen LogP contribution in [0.1, 0.15) is 13.8 Å². The first-order chi connectivity index (χ1) is 5.58. The molecule has 0 fully saturated rings. The van der Waals surface area contributed by atoms with Crippen molar-refractivity contribution in [2.45, 2.75) is 25.5 Å². The number of rotatable bonds is 3. The van der Waals surface area contributed by atoms with Gasteiger partial charge < -0.3 is 0 Å². The lowest BCUT2D eigenvalue weighted by Gasteiger charge is -2.11. The Kier molecular flexibility index (Phi) is 3.45. The number of ketones is 1. The molecule has 13 heavy (non-hydrogen) atoms. The molecular formula is C5H7F3O4S. The van der Waals surface area contributed by atoms with E-state index in [1.54, 1.807) is 0 Å². The van der Waals surface area contributed by atoms with E-state index in [1.807, 2.05) is 0 Å². The van der Waals surface area contributed by atoms with Gasteiger partial charge in [-0.3, -0.25) is 8.98 Å². The molecule has 0 saturated heterocycles. The summed E-state index contributed by atoms with van der Waals surface area (Å²) in [6.07, 6.45) is -1.62. The van der Waals surface area contributed by atoms with Crippen LogP contribution in [-0.4, -0.2) is 25.8 Å².